The molecule has 8 nitrogen and oxygen atoms in total. The van der Waals surface area contributed by atoms with E-state index >= 15 is 4.39 Å². The van der Waals surface area contributed by atoms with Crippen molar-refractivity contribution in [2.24, 2.45) is 0 Å². The number of ether oxygens (including phenoxy) is 1. The molecule has 1 N–H and O–H groups in total. The van der Waals surface area contributed by atoms with Gasteiger partial charge in [-0.25, -0.2) is 12.8 Å². The van der Waals surface area contributed by atoms with Gasteiger partial charge in [0.15, 0.2) is 5.67 Å². The second kappa shape index (κ2) is 9.75. The zero-order chi connectivity index (χ0) is 26.2. The van der Waals surface area contributed by atoms with Crippen molar-refractivity contribution in [2.75, 3.05) is 19.7 Å². The molecule has 1 aliphatic heterocycles. The van der Waals surface area contributed by atoms with Crippen molar-refractivity contribution in [2.45, 2.75) is 42.8 Å². The average molecular weight is 526 g/mol. The van der Waals surface area contributed by atoms with Crippen LogP contribution >= 0.6 is 0 Å². The largest absolute Gasteiger partial charge is 0.494 e. The number of carboxylic acid groups (broad SMARTS) is 1. The fourth-order valence-electron chi connectivity index (χ4n) is 5.16. The third-order valence-corrected chi connectivity index (χ3v) is 8.68. The molecule has 0 spiro atoms. The Bertz CT molecular complexity index is 1500. The topological polar surface area (TPSA) is 102 Å². The molecular weight excluding hydrogens is 497 g/mol. The third kappa shape index (κ3) is 4.78. The Labute approximate surface area is 214 Å². The number of para-hydroxylation sites is 1. The second-order valence-electron chi connectivity index (χ2n) is 9.37. The van der Waals surface area contributed by atoms with E-state index in [2.05, 4.69) is 5.10 Å². The second-order valence-corrected chi connectivity index (χ2v) is 11.3. The van der Waals surface area contributed by atoms with Crippen LogP contribution in [0.25, 0.3) is 10.9 Å². The summed E-state index contributed by atoms with van der Waals surface area (Å²) in [7, 11) is -4.01. The molecule has 0 amide bonds. The molecule has 2 heterocycles. The summed E-state index contributed by atoms with van der Waals surface area (Å²) in [5.74, 6) is -0.495. The van der Waals surface area contributed by atoms with Gasteiger partial charge in [-0.15, -0.1) is 0 Å². The molecule has 0 saturated carbocycles. The number of allylic oxidation sites excluding steroid dienone is 4. The Morgan fingerprint density at radius 3 is 2.65 bits per heavy atom. The molecule has 1 aromatic heterocycles. The quantitative estimate of drug-likeness (QED) is 0.447. The van der Waals surface area contributed by atoms with Gasteiger partial charge in [0.2, 0.25) is 10.0 Å². The molecule has 2 atom stereocenters. The van der Waals surface area contributed by atoms with Crippen LogP contribution in [0.1, 0.15) is 31.5 Å². The number of hydrogen-bond acceptors (Lipinski definition) is 5. The Balaban J connectivity index is 1.55. The molecule has 0 radical (unpaired) electrons. The number of fused-ring (bicyclic) bond motifs is 1. The highest BCUT2D eigenvalue weighted by molar-refractivity contribution is 7.89. The van der Waals surface area contributed by atoms with Gasteiger partial charge in [0.1, 0.15) is 11.8 Å². The van der Waals surface area contributed by atoms with Crippen molar-refractivity contribution < 1.29 is 27.4 Å². The molecule has 2 aliphatic rings. The number of aromatic nitrogens is 2. The minimum atomic E-state index is -4.01. The highest BCUT2D eigenvalue weighted by atomic mass is 32.2. The number of carbonyl (C=O) groups is 1. The van der Waals surface area contributed by atoms with Gasteiger partial charge in [-0.3, -0.25) is 9.48 Å². The molecule has 5 rings (SSSR count). The lowest BCUT2D eigenvalue weighted by Crippen LogP contribution is -2.36. The van der Waals surface area contributed by atoms with E-state index in [9.17, 15) is 18.3 Å². The maximum absolute atomic E-state index is 17.0. The van der Waals surface area contributed by atoms with Crippen LogP contribution in [-0.4, -0.2) is 58.9 Å². The summed E-state index contributed by atoms with van der Waals surface area (Å²) in [4.78, 5) is 11.5. The van der Waals surface area contributed by atoms with Crippen LogP contribution in [0.15, 0.2) is 77.2 Å². The fourth-order valence-corrected chi connectivity index (χ4v) is 6.66. The first-order valence-electron chi connectivity index (χ1n) is 12.2. The fraction of sp³-hybridized carbons (Fsp3) is 0.333. The Morgan fingerprint density at radius 2 is 1.97 bits per heavy atom. The normalized spacial score (nSPS) is 22.0. The lowest BCUT2D eigenvalue weighted by molar-refractivity contribution is -0.136. The number of halogens is 1. The Kier molecular flexibility index (Phi) is 6.63. The molecule has 194 valence electrons. The Morgan fingerprint density at radius 1 is 1.22 bits per heavy atom. The van der Waals surface area contributed by atoms with Gasteiger partial charge < -0.3 is 9.84 Å². The van der Waals surface area contributed by atoms with Crippen LogP contribution < -0.4 is 4.74 Å². The summed E-state index contributed by atoms with van der Waals surface area (Å²) in [6.07, 6.45) is 6.00. The maximum atomic E-state index is 17.0. The van der Waals surface area contributed by atoms with Crippen LogP contribution in [-0.2, 0) is 21.2 Å². The van der Waals surface area contributed by atoms with Crippen molar-refractivity contribution in [3.8, 4) is 5.75 Å². The lowest BCUT2D eigenvalue weighted by Gasteiger charge is -2.27. The van der Waals surface area contributed by atoms with E-state index in [0.717, 1.165) is 5.57 Å². The first-order valence-corrected chi connectivity index (χ1v) is 13.6. The van der Waals surface area contributed by atoms with Crippen LogP contribution in [0.3, 0.4) is 0 Å². The summed E-state index contributed by atoms with van der Waals surface area (Å²) in [6, 6.07) is 12.2. The van der Waals surface area contributed by atoms with Crippen LogP contribution in [0.5, 0.6) is 5.75 Å². The highest BCUT2D eigenvalue weighted by Gasteiger charge is 2.53. The zero-order valence-corrected chi connectivity index (χ0v) is 21.2. The number of rotatable bonds is 9. The van der Waals surface area contributed by atoms with Gasteiger partial charge >= 0.3 is 5.97 Å². The van der Waals surface area contributed by atoms with Crippen LogP contribution in [0.4, 0.5) is 4.39 Å². The third-order valence-electron chi connectivity index (χ3n) is 6.86. The molecule has 0 unspecified atom stereocenters. The molecular formula is C27H28FN3O5S. The molecule has 3 aromatic rings. The summed E-state index contributed by atoms with van der Waals surface area (Å²) >= 11 is 0. The van der Waals surface area contributed by atoms with E-state index in [1.54, 1.807) is 36.4 Å². The Hall–Kier alpha value is -3.50. The number of benzene rings is 2. The molecule has 1 fully saturated rings. The number of alkyl halides is 1. The smallest absolute Gasteiger partial charge is 0.309 e. The first kappa shape index (κ1) is 25.2. The van der Waals surface area contributed by atoms with E-state index in [0.29, 0.717) is 35.4 Å². The van der Waals surface area contributed by atoms with E-state index in [1.165, 1.54) is 21.1 Å². The lowest BCUT2D eigenvalue weighted by atomic mass is 9.91. The van der Waals surface area contributed by atoms with Crippen molar-refractivity contribution in [1.29, 1.82) is 0 Å². The molecule has 1 saturated heterocycles. The zero-order valence-electron chi connectivity index (χ0n) is 20.4. The van der Waals surface area contributed by atoms with Crippen LogP contribution in [0, 0.1) is 0 Å². The van der Waals surface area contributed by atoms with E-state index in [-0.39, 0.29) is 30.8 Å². The van der Waals surface area contributed by atoms with Gasteiger partial charge in [-0.1, -0.05) is 42.0 Å². The number of hydrogen-bond donors (Lipinski definition) is 1. The monoisotopic (exact) mass is 525 g/mol. The van der Waals surface area contributed by atoms with Gasteiger partial charge in [0.25, 0.3) is 0 Å². The predicted molar refractivity (Wildman–Crippen MR) is 137 cm³/mol. The standard InChI is InChI=1S/C27H28FN3O5S/c1-2-36-20-11-13-21(14-12-20)37(34,35)30-17-25(27(28,18-30)16-19-7-3-4-8-19)31-24-10-6-5-9-22(24)23(29-31)15-26(32)33/h3-7,9-14,25H,2,8,15-18H2,1H3,(H,32,33)/t25-,27-/m0/s1. The SMILES string of the molecule is CCOc1ccc(S(=O)(=O)N2C[C@H](n3nc(CC(=O)O)c4ccccc43)[C@](F)(CC3=CC=CC3)C2)cc1. The van der Waals surface area contributed by atoms with E-state index < -0.39 is 27.7 Å². The van der Waals surface area contributed by atoms with Gasteiger partial charge in [0.05, 0.1) is 35.7 Å². The van der Waals surface area contributed by atoms with Crippen molar-refractivity contribution in [3.63, 3.8) is 0 Å². The number of aliphatic carboxylic acids is 1. The average Bonchev–Trinajstić information content (AvgIpc) is 3.58. The number of carboxylic acids is 1. The van der Waals surface area contributed by atoms with Crippen molar-refractivity contribution >= 4 is 26.9 Å². The van der Waals surface area contributed by atoms with Crippen molar-refractivity contribution in [1.82, 2.24) is 14.1 Å². The molecule has 0 bridgehead atoms. The van der Waals surface area contributed by atoms with Gasteiger partial charge in [-0.2, -0.15) is 9.40 Å². The molecule has 10 heteroatoms. The minimum absolute atomic E-state index is 0.0441. The van der Waals surface area contributed by atoms with E-state index in [1.807, 2.05) is 25.2 Å². The summed E-state index contributed by atoms with van der Waals surface area (Å²) in [6.45, 7) is 1.82. The molecule has 2 aromatic carbocycles. The summed E-state index contributed by atoms with van der Waals surface area (Å²) in [5.41, 5.74) is -0.189. The maximum Gasteiger partial charge on any atom is 0.309 e. The summed E-state index contributed by atoms with van der Waals surface area (Å²) < 4.78 is 52.3. The minimum Gasteiger partial charge on any atom is -0.494 e. The predicted octanol–water partition coefficient (Wildman–Crippen LogP) is 4.29. The molecule has 37 heavy (non-hydrogen) atoms. The van der Waals surface area contributed by atoms with Gasteiger partial charge in [0, 0.05) is 18.4 Å². The van der Waals surface area contributed by atoms with Crippen LogP contribution in [0.2, 0.25) is 0 Å². The van der Waals surface area contributed by atoms with Crippen molar-refractivity contribution in [3.05, 3.63) is 78.0 Å². The highest BCUT2D eigenvalue weighted by Crippen LogP contribution is 2.44. The number of nitrogens with zero attached hydrogens (tertiary/aromatic N) is 3. The van der Waals surface area contributed by atoms with E-state index in [4.69, 9.17) is 4.74 Å². The number of sulfonamides is 1. The first-order chi connectivity index (χ1) is 17.7. The summed E-state index contributed by atoms with van der Waals surface area (Å²) in [5, 5.41) is 14.5. The van der Waals surface area contributed by atoms with Gasteiger partial charge in [-0.05, 0) is 43.7 Å². The molecule has 1 aliphatic carbocycles.